The number of pyridine rings is 1. The SMILES string of the molecule is Cc1ccc(-c2ncccc2NC(=O)N2CCS(=O)C(C)(C)CC2)s1. The summed E-state index contributed by atoms with van der Waals surface area (Å²) in [5, 5.41) is 2.99. The molecule has 3 rings (SSSR count). The fourth-order valence-electron chi connectivity index (χ4n) is 2.76. The average Bonchev–Trinajstić information content (AvgIpc) is 2.95. The third-order valence-electron chi connectivity index (χ3n) is 4.46. The molecule has 134 valence electrons. The predicted molar refractivity (Wildman–Crippen MR) is 105 cm³/mol. The normalized spacial score (nSPS) is 20.1. The molecule has 1 aliphatic heterocycles. The third kappa shape index (κ3) is 4.10. The fraction of sp³-hybridized carbons (Fsp3) is 0.444. The van der Waals surface area contributed by atoms with Gasteiger partial charge in [0.2, 0.25) is 0 Å². The standard InChI is InChI=1S/C18H23N3O2S2/c1-13-6-7-15(24-13)16-14(5-4-9-19-16)20-17(22)21-10-8-18(2,3)25(23)12-11-21/h4-7,9H,8,10-12H2,1-3H3,(H,20,22). The Balaban J connectivity index is 1.77. The molecule has 3 heterocycles. The number of hydrogen-bond acceptors (Lipinski definition) is 4. The van der Waals surface area contributed by atoms with Gasteiger partial charge in [-0.25, -0.2) is 4.79 Å². The molecule has 0 bridgehead atoms. The van der Waals surface area contributed by atoms with E-state index in [9.17, 15) is 9.00 Å². The maximum Gasteiger partial charge on any atom is 0.321 e. The van der Waals surface area contributed by atoms with E-state index in [0.717, 1.165) is 17.0 Å². The van der Waals surface area contributed by atoms with Crippen molar-refractivity contribution in [3.05, 3.63) is 35.3 Å². The smallest absolute Gasteiger partial charge is 0.321 e. The van der Waals surface area contributed by atoms with Crippen molar-refractivity contribution in [1.82, 2.24) is 9.88 Å². The van der Waals surface area contributed by atoms with Crippen LogP contribution in [-0.4, -0.2) is 43.7 Å². The van der Waals surface area contributed by atoms with Crippen LogP contribution in [-0.2, 0) is 10.8 Å². The van der Waals surface area contributed by atoms with Gasteiger partial charge in [0.15, 0.2) is 0 Å². The van der Waals surface area contributed by atoms with Crippen molar-refractivity contribution >= 4 is 33.9 Å². The number of thiophene rings is 1. The molecule has 1 aliphatic rings. The van der Waals surface area contributed by atoms with Gasteiger partial charge in [0.05, 0.1) is 10.6 Å². The van der Waals surface area contributed by atoms with Crippen LogP contribution in [0.5, 0.6) is 0 Å². The van der Waals surface area contributed by atoms with Crippen LogP contribution in [0.25, 0.3) is 10.6 Å². The molecule has 0 spiro atoms. The van der Waals surface area contributed by atoms with Gasteiger partial charge in [-0.05, 0) is 51.5 Å². The Morgan fingerprint density at radius 3 is 2.84 bits per heavy atom. The molecule has 1 atom stereocenters. The number of hydrogen-bond donors (Lipinski definition) is 1. The highest BCUT2D eigenvalue weighted by Gasteiger charge is 2.31. The van der Waals surface area contributed by atoms with Gasteiger partial charge < -0.3 is 10.2 Å². The summed E-state index contributed by atoms with van der Waals surface area (Å²) in [4.78, 5) is 21.2. The second kappa shape index (κ2) is 7.25. The summed E-state index contributed by atoms with van der Waals surface area (Å²) >= 11 is 1.65. The number of aryl methyl sites for hydroxylation is 1. The van der Waals surface area contributed by atoms with Crippen molar-refractivity contribution in [1.29, 1.82) is 0 Å². The topological polar surface area (TPSA) is 62.3 Å². The van der Waals surface area contributed by atoms with E-state index in [1.165, 1.54) is 4.88 Å². The fourth-order valence-corrected chi connectivity index (χ4v) is 4.90. The molecule has 1 N–H and O–H groups in total. The Hall–Kier alpha value is -1.73. The van der Waals surface area contributed by atoms with Crippen molar-refractivity contribution in [3.8, 4) is 10.6 Å². The van der Waals surface area contributed by atoms with E-state index >= 15 is 0 Å². The highest BCUT2D eigenvalue weighted by molar-refractivity contribution is 7.86. The number of urea groups is 1. The Morgan fingerprint density at radius 2 is 2.12 bits per heavy atom. The molecule has 0 radical (unpaired) electrons. The van der Waals surface area contributed by atoms with Gasteiger partial charge in [-0.2, -0.15) is 0 Å². The van der Waals surface area contributed by atoms with E-state index in [0.29, 0.717) is 24.5 Å². The second-order valence-corrected chi connectivity index (χ2v) is 10.3. The molecule has 2 aromatic rings. The highest BCUT2D eigenvalue weighted by Crippen LogP contribution is 2.31. The molecule has 0 saturated carbocycles. The van der Waals surface area contributed by atoms with Crippen LogP contribution in [0, 0.1) is 6.92 Å². The number of rotatable bonds is 2. The minimum absolute atomic E-state index is 0.155. The number of anilines is 1. The van der Waals surface area contributed by atoms with Gasteiger partial charge in [0.25, 0.3) is 0 Å². The molecular weight excluding hydrogens is 354 g/mol. The van der Waals surface area contributed by atoms with Gasteiger partial charge >= 0.3 is 6.03 Å². The van der Waals surface area contributed by atoms with Crippen molar-refractivity contribution in [3.63, 3.8) is 0 Å². The van der Waals surface area contributed by atoms with Crippen LogP contribution in [0.4, 0.5) is 10.5 Å². The van der Waals surface area contributed by atoms with E-state index in [2.05, 4.69) is 17.2 Å². The molecule has 1 unspecified atom stereocenters. The highest BCUT2D eigenvalue weighted by atomic mass is 32.2. The van der Waals surface area contributed by atoms with Crippen molar-refractivity contribution in [2.75, 3.05) is 24.2 Å². The summed E-state index contributed by atoms with van der Waals surface area (Å²) in [5.41, 5.74) is 1.49. The maximum atomic E-state index is 12.7. The molecule has 1 fully saturated rings. The van der Waals surface area contributed by atoms with E-state index in [1.54, 1.807) is 22.4 Å². The van der Waals surface area contributed by atoms with E-state index in [1.807, 2.05) is 38.1 Å². The first-order valence-corrected chi connectivity index (χ1v) is 10.5. The lowest BCUT2D eigenvalue weighted by molar-refractivity contribution is 0.214. The molecule has 1 saturated heterocycles. The molecule has 2 amide bonds. The van der Waals surface area contributed by atoms with Crippen LogP contribution in [0.3, 0.4) is 0 Å². The number of amides is 2. The van der Waals surface area contributed by atoms with E-state index in [-0.39, 0.29) is 10.8 Å². The van der Waals surface area contributed by atoms with Gasteiger partial charge in [-0.1, -0.05) is 0 Å². The first kappa shape index (κ1) is 18.1. The molecule has 0 aromatic carbocycles. The quantitative estimate of drug-likeness (QED) is 0.864. The summed E-state index contributed by atoms with van der Waals surface area (Å²) in [7, 11) is -0.915. The van der Waals surface area contributed by atoms with Crippen molar-refractivity contribution < 1.29 is 9.00 Å². The zero-order valence-electron chi connectivity index (χ0n) is 14.7. The largest absolute Gasteiger partial charge is 0.324 e. The van der Waals surface area contributed by atoms with Gasteiger partial charge in [-0.3, -0.25) is 9.19 Å². The summed E-state index contributed by atoms with van der Waals surface area (Å²) < 4.78 is 12.0. The van der Waals surface area contributed by atoms with Crippen molar-refractivity contribution in [2.24, 2.45) is 0 Å². The van der Waals surface area contributed by atoms with Gasteiger partial charge in [0.1, 0.15) is 5.69 Å². The van der Waals surface area contributed by atoms with Crippen molar-refractivity contribution in [2.45, 2.75) is 31.9 Å². The van der Waals surface area contributed by atoms with Gasteiger partial charge in [0, 0.05) is 45.5 Å². The first-order valence-electron chi connectivity index (χ1n) is 8.33. The Bertz CT molecular complexity index is 801. The third-order valence-corrected chi connectivity index (χ3v) is 7.45. The number of nitrogens with one attached hydrogen (secondary N) is 1. The maximum absolute atomic E-state index is 12.7. The lowest BCUT2D eigenvalue weighted by Gasteiger charge is -2.23. The lowest BCUT2D eigenvalue weighted by Crippen LogP contribution is -2.37. The Morgan fingerprint density at radius 1 is 1.32 bits per heavy atom. The molecule has 0 aliphatic carbocycles. The molecule has 7 heteroatoms. The second-order valence-electron chi connectivity index (χ2n) is 6.79. The summed E-state index contributed by atoms with van der Waals surface area (Å²) in [5.74, 6) is 0.518. The minimum atomic E-state index is -0.915. The lowest BCUT2D eigenvalue weighted by atomic mass is 10.1. The molecule has 2 aromatic heterocycles. The molecule has 25 heavy (non-hydrogen) atoms. The van der Waals surface area contributed by atoms with Crippen LogP contribution in [0.15, 0.2) is 30.5 Å². The van der Waals surface area contributed by atoms with Crippen LogP contribution in [0.2, 0.25) is 0 Å². The summed E-state index contributed by atoms with van der Waals surface area (Å²) in [6.07, 6.45) is 2.47. The zero-order chi connectivity index (χ0) is 18.0. The van der Waals surface area contributed by atoms with Crippen LogP contribution >= 0.6 is 11.3 Å². The average molecular weight is 378 g/mol. The summed E-state index contributed by atoms with van der Waals surface area (Å²) in [6, 6.07) is 7.61. The minimum Gasteiger partial charge on any atom is -0.324 e. The Labute approximate surface area is 154 Å². The molecule has 5 nitrogen and oxygen atoms in total. The number of aromatic nitrogens is 1. The molecular formula is C18H23N3O2S2. The number of nitrogens with zero attached hydrogens (tertiary/aromatic N) is 2. The Kier molecular flexibility index (Phi) is 5.24. The number of carbonyl (C=O) groups excluding carboxylic acids is 1. The number of carbonyl (C=O) groups is 1. The van der Waals surface area contributed by atoms with Crippen LogP contribution in [0.1, 0.15) is 25.1 Å². The van der Waals surface area contributed by atoms with E-state index < -0.39 is 10.8 Å². The summed E-state index contributed by atoms with van der Waals surface area (Å²) in [6.45, 7) is 7.17. The van der Waals surface area contributed by atoms with E-state index in [4.69, 9.17) is 0 Å². The van der Waals surface area contributed by atoms with Crippen LogP contribution < -0.4 is 5.32 Å². The predicted octanol–water partition coefficient (Wildman–Crippen LogP) is 3.88. The monoisotopic (exact) mass is 377 g/mol. The first-order chi connectivity index (χ1) is 11.9. The van der Waals surface area contributed by atoms with Gasteiger partial charge in [-0.15, -0.1) is 11.3 Å². The zero-order valence-corrected chi connectivity index (χ0v) is 16.4.